The van der Waals surface area contributed by atoms with E-state index in [1.54, 1.807) is 0 Å². The molecule has 1 N–H and O–H groups in total. The Morgan fingerprint density at radius 1 is 1.10 bits per heavy atom. The van der Waals surface area contributed by atoms with E-state index in [-0.39, 0.29) is 5.97 Å². The van der Waals surface area contributed by atoms with E-state index in [0.717, 1.165) is 44.9 Å². The number of carboxylic acids is 1. The first kappa shape index (κ1) is 16.7. The van der Waals surface area contributed by atoms with Crippen molar-refractivity contribution in [1.82, 2.24) is 0 Å². The second-order valence-electron chi connectivity index (χ2n) is 5.49. The molecule has 2 unspecified atom stereocenters. The SMILES string of the molecule is C=CCCCCCCOC(=O)C1CCCCC1C(=O)O. The van der Waals surface area contributed by atoms with E-state index in [1.807, 2.05) is 6.08 Å². The molecular weight excluding hydrogens is 256 g/mol. The van der Waals surface area contributed by atoms with Crippen LogP contribution >= 0.6 is 0 Å². The highest BCUT2D eigenvalue weighted by Gasteiger charge is 2.36. The number of allylic oxidation sites excluding steroid dienone is 1. The number of esters is 1. The molecule has 1 saturated carbocycles. The molecule has 4 nitrogen and oxygen atoms in total. The van der Waals surface area contributed by atoms with Crippen LogP contribution in [0.2, 0.25) is 0 Å². The van der Waals surface area contributed by atoms with E-state index < -0.39 is 17.8 Å². The second-order valence-corrected chi connectivity index (χ2v) is 5.49. The van der Waals surface area contributed by atoms with Crippen LogP contribution in [-0.2, 0) is 14.3 Å². The summed E-state index contributed by atoms with van der Waals surface area (Å²) in [4.78, 5) is 23.1. The molecule has 0 aliphatic heterocycles. The first-order valence-electron chi connectivity index (χ1n) is 7.67. The van der Waals surface area contributed by atoms with Crippen LogP contribution in [0.15, 0.2) is 12.7 Å². The zero-order chi connectivity index (χ0) is 14.8. The summed E-state index contributed by atoms with van der Waals surface area (Å²) >= 11 is 0. The molecule has 0 aromatic heterocycles. The Labute approximate surface area is 121 Å². The number of carboxylic acid groups (broad SMARTS) is 1. The topological polar surface area (TPSA) is 63.6 Å². The van der Waals surface area contributed by atoms with Gasteiger partial charge in [0.05, 0.1) is 18.4 Å². The lowest BCUT2D eigenvalue weighted by Crippen LogP contribution is -2.33. The number of aliphatic carboxylic acids is 1. The van der Waals surface area contributed by atoms with Crippen LogP contribution in [0.25, 0.3) is 0 Å². The molecule has 0 radical (unpaired) electrons. The molecule has 0 aromatic rings. The van der Waals surface area contributed by atoms with Gasteiger partial charge in [-0.3, -0.25) is 9.59 Å². The predicted octanol–water partition coefficient (Wildman–Crippen LogP) is 3.56. The van der Waals surface area contributed by atoms with Gasteiger partial charge in [-0.15, -0.1) is 6.58 Å². The second kappa shape index (κ2) is 9.56. The summed E-state index contributed by atoms with van der Waals surface area (Å²) in [5, 5.41) is 9.13. The Morgan fingerprint density at radius 3 is 2.40 bits per heavy atom. The molecule has 1 aliphatic rings. The first-order chi connectivity index (χ1) is 9.66. The van der Waals surface area contributed by atoms with E-state index >= 15 is 0 Å². The Hall–Kier alpha value is -1.32. The molecule has 0 bridgehead atoms. The van der Waals surface area contributed by atoms with E-state index in [1.165, 1.54) is 0 Å². The van der Waals surface area contributed by atoms with Gasteiger partial charge in [0.2, 0.25) is 0 Å². The summed E-state index contributed by atoms with van der Waals surface area (Å²) in [5.74, 6) is -2.18. The fourth-order valence-corrected chi connectivity index (χ4v) is 2.73. The molecular formula is C16H26O4. The zero-order valence-corrected chi connectivity index (χ0v) is 12.2. The zero-order valence-electron chi connectivity index (χ0n) is 12.2. The summed E-state index contributed by atoms with van der Waals surface area (Å²) in [5.41, 5.74) is 0. The highest BCUT2D eigenvalue weighted by Crippen LogP contribution is 2.31. The third kappa shape index (κ3) is 5.76. The number of hydrogen-bond donors (Lipinski definition) is 1. The van der Waals surface area contributed by atoms with Crippen molar-refractivity contribution in [2.45, 2.75) is 57.8 Å². The minimum absolute atomic E-state index is 0.316. The number of unbranched alkanes of at least 4 members (excludes halogenated alkanes) is 4. The number of hydrogen-bond acceptors (Lipinski definition) is 3. The smallest absolute Gasteiger partial charge is 0.309 e. The molecule has 0 aromatic carbocycles. The van der Waals surface area contributed by atoms with Crippen molar-refractivity contribution in [3.8, 4) is 0 Å². The molecule has 1 aliphatic carbocycles. The van der Waals surface area contributed by atoms with Crippen LogP contribution in [0.4, 0.5) is 0 Å². The average molecular weight is 282 g/mol. The normalized spacial score (nSPS) is 22.2. The van der Waals surface area contributed by atoms with E-state index in [2.05, 4.69) is 6.58 Å². The third-order valence-corrected chi connectivity index (χ3v) is 3.93. The minimum Gasteiger partial charge on any atom is -0.481 e. The molecule has 0 amide bonds. The maximum Gasteiger partial charge on any atom is 0.309 e. The fourth-order valence-electron chi connectivity index (χ4n) is 2.73. The highest BCUT2D eigenvalue weighted by atomic mass is 16.5. The van der Waals surface area contributed by atoms with Crippen LogP contribution in [0, 0.1) is 11.8 Å². The van der Waals surface area contributed by atoms with Crippen LogP contribution in [0.3, 0.4) is 0 Å². The summed E-state index contributed by atoms with van der Waals surface area (Å²) in [7, 11) is 0. The van der Waals surface area contributed by atoms with Gasteiger partial charge < -0.3 is 9.84 Å². The summed E-state index contributed by atoms with van der Waals surface area (Å²) in [6, 6.07) is 0. The van der Waals surface area contributed by atoms with Gasteiger partial charge in [-0.1, -0.05) is 31.8 Å². The van der Waals surface area contributed by atoms with Crippen LogP contribution < -0.4 is 0 Å². The van der Waals surface area contributed by atoms with Gasteiger partial charge in [0.1, 0.15) is 0 Å². The lowest BCUT2D eigenvalue weighted by Gasteiger charge is -2.26. The molecule has 114 valence electrons. The van der Waals surface area contributed by atoms with Crippen molar-refractivity contribution in [2.24, 2.45) is 11.8 Å². The molecule has 1 rings (SSSR count). The monoisotopic (exact) mass is 282 g/mol. The standard InChI is InChI=1S/C16H26O4/c1-2-3-4-5-6-9-12-20-16(19)14-11-8-7-10-13(14)15(17)18/h2,13-14H,1,3-12H2,(H,17,18). The van der Waals surface area contributed by atoms with E-state index in [4.69, 9.17) is 9.84 Å². The van der Waals surface area contributed by atoms with Gasteiger partial charge in [-0.05, 0) is 32.1 Å². The molecule has 1 fully saturated rings. The molecule has 0 saturated heterocycles. The number of carbonyl (C=O) groups excluding carboxylic acids is 1. The van der Waals surface area contributed by atoms with Gasteiger partial charge in [0, 0.05) is 0 Å². The van der Waals surface area contributed by atoms with Crippen LogP contribution in [0.5, 0.6) is 0 Å². The maximum atomic E-state index is 11.9. The minimum atomic E-state index is -0.865. The van der Waals surface area contributed by atoms with Crippen molar-refractivity contribution in [3.05, 3.63) is 12.7 Å². The molecule has 0 heterocycles. The maximum absolute atomic E-state index is 11.9. The van der Waals surface area contributed by atoms with Crippen molar-refractivity contribution < 1.29 is 19.4 Å². The third-order valence-electron chi connectivity index (χ3n) is 3.93. The van der Waals surface area contributed by atoms with E-state index in [9.17, 15) is 9.59 Å². The van der Waals surface area contributed by atoms with Crippen molar-refractivity contribution in [3.63, 3.8) is 0 Å². The summed E-state index contributed by atoms with van der Waals surface area (Å²) in [6.45, 7) is 4.09. The summed E-state index contributed by atoms with van der Waals surface area (Å²) < 4.78 is 5.25. The van der Waals surface area contributed by atoms with Gasteiger partial charge in [-0.2, -0.15) is 0 Å². The van der Waals surface area contributed by atoms with Crippen molar-refractivity contribution >= 4 is 11.9 Å². The quantitative estimate of drug-likeness (QED) is 0.399. The molecule has 4 heteroatoms. The number of ether oxygens (including phenoxy) is 1. The van der Waals surface area contributed by atoms with Gasteiger partial charge >= 0.3 is 11.9 Å². The van der Waals surface area contributed by atoms with Crippen LogP contribution in [0.1, 0.15) is 57.8 Å². The highest BCUT2D eigenvalue weighted by molar-refractivity contribution is 5.81. The Bertz CT molecular complexity index is 324. The van der Waals surface area contributed by atoms with Gasteiger partial charge in [0.25, 0.3) is 0 Å². The average Bonchev–Trinajstić information content (AvgIpc) is 2.46. The molecule has 0 spiro atoms. The Morgan fingerprint density at radius 2 is 1.75 bits per heavy atom. The van der Waals surface area contributed by atoms with Crippen LogP contribution in [-0.4, -0.2) is 23.7 Å². The Kier molecular flexibility index (Phi) is 8.00. The fraction of sp³-hybridized carbons (Fsp3) is 0.750. The van der Waals surface area contributed by atoms with E-state index in [0.29, 0.717) is 19.4 Å². The lowest BCUT2D eigenvalue weighted by atomic mass is 9.79. The van der Waals surface area contributed by atoms with Crippen molar-refractivity contribution in [2.75, 3.05) is 6.61 Å². The Balaban J connectivity index is 2.20. The first-order valence-corrected chi connectivity index (χ1v) is 7.67. The van der Waals surface area contributed by atoms with Crippen molar-refractivity contribution in [1.29, 1.82) is 0 Å². The largest absolute Gasteiger partial charge is 0.481 e. The lowest BCUT2D eigenvalue weighted by molar-refractivity contribution is -0.159. The predicted molar refractivity (Wildman–Crippen MR) is 77.3 cm³/mol. The van der Waals surface area contributed by atoms with Gasteiger partial charge in [-0.25, -0.2) is 0 Å². The van der Waals surface area contributed by atoms with Gasteiger partial charge in [0.15, 0.2) is 0 Å². The number of rotatable bonds is 9. The molecule has 2 atom stereocenters. The number of carbonyl (C=O) groups is 2. The molecule has 20 heavy (non-hydrogen) atoms. The summed E-state index contributed by atoms with van der Waals surface area (Å²) in [6.07, 6.45) is 10.1.